The number of nitrogens with zero attached hydrogens (tertiary/aromatic N) is 1. The van der Waals surface area contributed by atoms with E-state index in [1.165, 1.54) is 24.3 Å². The summed E-state index contributed by atoms with van der Waals surface area (Å²) in [7, 11) is 1.71. The van der Waals surface area contributed by atoms with E-state index in [-0.39, 0.29) is 30.6 Å². The van der Waals surface area contributed by atoms with Gasteiger partial charge in [-0.2, -0.15) is 0 Å². The van der Waals surface area contributed by atoms with Crippen LogP contribution in [-0.2, 0) is 9.59 Å². The molecule has 1 unspecified atom stereocenters. The maximum absolute atomic E-state index is 12.0. The van der Waals surface area contributed by atoms with Gasteiger partial charge in [-0.15, -0.1) is 0 Å². The Balaban J connectivity index is 1.82. The molecule has 0 fully saturated rings. The van der Waals surface area contributed by atoms with Crippen LogP contribution in [0, 0.1) is 10.1 Å². The van der Waals surface area contributed by atoms with Crippen LogP contribution in [0.3, 0.4) is 0 Å². The molecule has 0 aliphatic rings. The second kappa shape index (κ2) is 8.93. The summed E-state index contributed by atoms with van der Waals surface area (Å²) >= 11 is 5.98. The molecule has 2 amide bonds. The molecule has 26 heavy (non-hydrogen) atoms. The Morgan fingerprint density at radius 2 is 1.62 bits per heavy atom. The van der Waals surface area contributed by atoms with Crippen molar-refractivity contribution in [2.75, 3.05) is 30.8 Å². The number of nitrogens with one attached hydrogen (secondary N) is 3. The van der Waals surface area contributed by atoms with E-state index < -0.39 is 4.92 Å². The summed E-state index contributed by atoms with van der Waals surface area (Å²) in [5.74, 6) is -0.569. The SMILES string of the molecule is C[NH+](CC(=O)Nc1ccc([N+](=O)[O-])cc1)CC(=O)Nc1ccccc1Cl. The number of nitro benzene ring substituents is 1. The van der Waals surface area contributed by atoms with Crippen molar-refractivity contribution in [2.45, 2.75) is 0 Å². The third-order valence-electron chi connectivity index (χ3n) is 3.43. The number of para-hydroxylation sites is 1. The molecule has 9 heteroatoms. The van der Waals surface area contributed by atoms with E-state index in [9.17, 15) is 19.7 Å². The molecule has 2 rings (SSSR count). The number of rotatable bonds is 7. The molecule has 136 valence electrons. The van der Waals surface area contributed by atoms with Crippen LogP contribution in [0.2, 0.25) is 5.02 Å². The highest BCUT2D eigenvalue weighted by Gasteiger charge is 2.15. The van der Waals surface area contributed by atoms with Crippen molar-refractivity contribution in [3.63, 3.8) is 0 Å². The Hall–Kier alpha value is -2.97. The van der Waals surface area contributed by atoms with Crippen molar-refractivity contribution >= 4 is 40.5 Å². The molecule has 1 atom stereocenters. The Bertz CT molecular complexity index is 811. The summed E-state index contributed by atoms with van der Waals surface area (Å²) in [5, 5.41) is 16.4. The van der Waals surface area contributed by atoms with Gasteiger partial charge in [0.05, 0.1) is 22.7 Å². The molecule has 0 radical (unpaired) electrons. The molecule has 0 aromatic heterocycles. The van der Waals surface area contributed by atoms with Crippen molar-refractivity contribution < 1.29 is 19.4 Å². The second-order valence-electron chi connectivity index (χ2n) is 5.69. The highest BCUT2D eigenvalue weighted by Crippen LogP contribution is 2.20. The van der Waals surface area contributed by atoms with E-state index in [0.29, 0.717) is 21.3 Å². The summed E-state index contributed by atoms with van der Waals surface area (Å²) in [5.41, 5.74) is 0.915. The second-order valence-corrected chi connectivity index (χ2v) is 6.10. The molecule has 2 aromatic rings. The summed E-state index contributed by atoms with van der Waals surface area (Å²) in [6, 6.07) is 12.4. The molecule has 0 bridgehead atoms. The zero-order valence-electron chi connectivity index (χ0n) is 14.0. The highest BCUT2D eigenvalue weighted by molar-refractivity contribution is 6.33. The molecule has 8 nitrogen and oxygen atoms in total. The smallest absolute Gasteiger partial charge is 0.279 e. The molecule has 0 heterocycles. The number of anilines is 2. The van der Waals surface area contributed by atoms with Crippen LogP contribution in [0.5, 0.6) is 0 Å². The third kappa shape index (κ3) is 5.83. The number of amides is 2. The van der Waals surface area contributed by atoms with Gasteiger partial charge >= 0.3 is 0 Å². The van der Waals surface area contributed by atoms with Gasteiger partial charge in [-0.1, -0.05) is 23.7 Å². The van der Waals surface area contributed by atoms with E-state index in [1.54, 1.807) is 31.3 Å². The normalized spacial score (nSPS) is 11.5. The first-order chi connectivity index (χ1) is 12.3. The van der Waals surface area contributed by atoms with E-state index >= 15 is 0 Å². The summed E-state index contributed by atoms with van der Waals surface area (Å²) < 4.78 is 0. The maximum atomic E-state index is 12.0. The van der Waals surface area contributed by atoms with E-state index in [2.05, 4.69) is 10.6 Å². The topological polar surface area (TPSA) is 106 Å². The first-order valence-electron chi connectivity index (χ1n) is 7.75. The number of halogens is 1. The van der Waals surface area contributed by atoms with Gasteiger partial charge in [-0.3, -0.25) is 19.7 Å². The molecular weight excluding hydrogens is 360 g/mol. The van der Waals surface area contributed by atoms with Gasteiger partial charge < -0.3 is 15.5 Å². The van der Waals surface area contributed by atoms with Crippen molar-refractivity contribution in [3.05, 3.63) is 63.7 Å². The van der Waals surface area contributed by atoms with Gasteiger partial charge in [0.1, 0.15) is 0 Å². The number of quaternary nitrogens is 1. The molecule has 3 N–H and O–H groups in total. The zero-order valence-corrected chi connectivity index (χ0v) is 14.7. The number of non-ortho nitro benzene ring substituents is 1. The maximum Gasteiger partial charge on any atom is 0.279 e. The fraction of sp³-hybridized carbons (Fsp3) is 0.176. The number of benzene rings is 2. The number of hydrogen-bond donors (Lipinski definition) is 3. The predicted octanol–water partition coefficient (Wildman–Crippen LogP) is 1.34. The van der Waals surface area contributed by atoms with Gasteiger partial charge in [0.15, 0.2) is 13.1 Å². The Labute approximate surface area is 154 Å². The third-order valence-corrected chi connectivity index (χ3v) is 3.76. The van der Waals surface area contributed by atoms with Crippen molar-refractivity contribution in [3.8, 4) is 0 Å². The van der Waals surface area contributed by atoms with E-state index in [0.717, 1.165) is 0 Å². The fourth-order valence-corrected chi connectivity index (χ4v) is 2.42. The number of carbonyl (C=O) groups excluding carboxylic acids is 2. The van der Waals surface area contributed by atoms with Gasteiger partial charge in [-0.05, 0) is 24.3 Å². The lowest BCUT2D eigenvalue weighted by atomic mass is 10.3. The highest BCUT2D eigenvalue weighted by atomic mass is 35.5. The van der Waals surface area contributed by atoms with Crippen LogP contribution in [-0.4, -0.2) is 36.9 Å². The lowest BCUT2D eigenvalue weighted by Crippen LogP contribution is -3.11. The van der Waals surface area contributed by atoms with Crippen LogP contribution >= 0.6 is 11.6 Å². The van der Waals surface area contributed by atoms with Gasteiger partial charge in [0.2, 0.25) is 0 Å². The van der Waals surface area contributed by atoms with Crippen molar-refractivity contribution in [2.24, 2.45) is 0 Å². The van der Waals surface area contributed by atoms with Crippen LogP contribution in [0.25, 0.3) is 0 Å². The minimum absolute atomic E-state index is 0.0537. The summed E-state index contributed by atoms with van der Waals surface area (Å²) in [6.45, 7) is 0.145. The molecular formula is C17H18ClN4O4+. The molecule has 0 aliphatic heterocycles. The zero-order chi connectivity index (χ0) is 19.1. The number of nitro groups is 1. The average Bonchev–Trinajstić information content (AvgIpc) is 2.57. The number of likely N-dealkylation sites (N-methyl/N-ethyl adjacent to an activating group) is 1. The first-order valence-corrected chi connectivity index (χ1v) is 8.13. The van der Waals surface area contributed by atoms with Crippen molar-refractivity contribution in [1.82, 2.24) is 0 Å². The minimum atomic E-state index is -0.513. The fourth-order valence-electron chi connectivity index (χ4n) is 2.24. The number of carbonyl (C=O) groups is 2. The van der Waals surface area contributed by atoms with Crippen LogP contribution in [0.1, 0.15) is 0 Å². The molecule has 2 aromatic carbocycles. The van der Waals surface area contributed by atoms with E-state index in [4.69, 9.17) is 11.6 Å². The quantitative estimate of drug-likeness (QED) is 0.500. The Morgan fingerprint density at radius 3 is 2.19 bits per heavy atom. The van der Waals surface area contributed by atoms with Crippen molar-refractivity contribution in [1.29, 1.82) is 0 Å². The average molecular weight is 378 g/mol. The number of hydrogen-bond acceptors (Lipinski definition) is 4. The standard InChI is InChI=1S/C17H17ClN4O4/c1-21(11-17(24)20-15-5-3-2-4-14(15)18)10-16(23)19-12-6-8-13(9-7-12)22(25)26/h2-9H,10-11H2,1H3,(H,19,23)(H,20,24)/p+1. The summed E-state index contributed by atoms with van der Waals surface area (Å²) in [6.07, 6.45) is 0. The minimum Gasteiger partial charge on any atom is -0.322 e. The van der Waals surface area contributed by atoms with Crippen LogP contribution in [0.4, 0.5) is 17.1 Å². The van der Waals surface area contributed by atoms with Gasteiger partial charge in [-0.25, -0.2) is 0 Å². The summed E-state index contributed by atoms with van der Waals surface area (Å²) in [4.78, 5) is 34.8. The van der Waals surface area contributed by atoms with Gasteiger partial charge in [0, 0.05) is 17.8 Å². The Kier molecular flexibility index (Phi) is 6.65. The molecule has 0 saturated carbocycles. The lowest BCUT2D eigenvalue weighted by molar-refractivity contribution is -0.862. The monoisotopic (exact) mass is 377 g/mol. The molecule has 0 saturated heterocycles. The largest absolute Gasteiger partial charge is 0.322 e. The predicted molar refractivity (Wildman–Crippen MR) is 98.4 cm³/mol. The van der Waals surface area contributed by atoms with E-state index in [1.807, 2.05) is 0 Å². The first kappa shape index (κ1) is 19.4. The van der Waals surface area contributed by atoms with Crippen LogP contribution < -0.4 is 15.5 Å². The Morgan fingerprint density at radius 1 is 1.04 bits per heavy atom. The lowest BCUT2D eigenvalue weighted by Gasteiger charge is -2.14. The van der Waals surface area contributed by atoms with Gasteiger partial charge in [0.25, 0.3) is 17.5 Å². The molecule has 0 spiro atoms. The van der Waals surface area contributed by atoms with Crippen LogP contribution in [0.15, 0.2) is 48.5 Å². The molecule has 0 aliphatic carbocycles.